The van der Waals surface area contributed by atoms with Gasteiger partial charge in [-0.3, -0.25) is 0 Å². The first kappa shape index (κ1) is 28.5. The zero-order valence-electron chi connectivity index (χ0n) is 21.3. The van der Waals surface area contributed by atoms with E-state index in [-0.39, 0.29) is 24.8 Å². The van der Waals surface area contributed by atoms with Gasteiger partial charge in [0.25, 0.3) is 0 Å². The Morgan fingerprint density at radius 3 is 1.49 bits per heavy atom. The van der Waals surface area contributed by atoms with Crippen molar-refractivity contribution in [3.05, 3.63) is 108 Å². The van der Waals surface area contributed by atoms with Gasteiger partial charge >= 0.3 is 222 Å². The maximum atomic E-state index is 5.63. The van der Waals surface area contributed by atoms with Crippen LogP contribution in [0.5, 0.6) is 11.5 Å². The van der Waals surface area contributed by atoms with Crippen LogP contribution in [0.15, 0.2) is 97.1 Å². The van der Waals surface area contributed by atoms with E-state index in [1.165, 1.54) is 24.0 Å². The number of hydrogen-bond acceptors (Lipinski definition) is 2. The molecule has 2 aromatic carbocycles. The van der Waals surface area contributed by atoms with Crippen LogP contribution in [-0.2, 0) is 23.2 Å². The Labute approximate surface area is 245 Å². The van der Waals surface area contributed by atoms with Crippen LogP contribution in [-0.4, -0.2) is 14.2 Å². The molecule has 0 spiro atoms. The molecule has 2 nitrogen and oxygen atoms in total. The van der Waals surface area contributed by atoms with Gasteiger partial charge in [0.2, 0.25) is 0 Å². The van der Waals surface area contributed by atoms with Crippen molar-refractivity contribution in [3.63, 3.8) is 0 Å². The summed E-state index contributed by atoms with van der Waals surface area (Å²) in [7, 11) is 3.57. The summed E-state index contributed by atoms with van der Waals surface area (Å²) >= 11 is -0.817. The van der Waals surface area contributed by atoms with Crippen molar-refractivity contribution in [2.24, 2.45) is 23.7 Å². The van der Waals surface area contributed by atoms with E-state index in [0.717, 1.165) is 18.8 Å². The molecule has 0 aliphatic heterocycles. The quantitative estimate of drug-likeness (QED) is 0.496. The van der Waals surface area contributed by atoms with Gasteiger partial charge in [0.15, 0.2) is 0 Å². The predicted molar refractivity (Wildman–Crippen MR) is 139 cm³/mol. The van der Waals surface area contributed by atoms with Crippen molar-refractivity contribution >= 4 is 0 Å². The molecule has 192 valence electrons. The first-order valence-electron chi connectivity index (χ1n) is 13.0. The number of methoxy groups -OCH3 is 2. The molecule has 2 saturated carbocycles. The standard InChI is InChI=1S/2C16H17O.2ClH.Zr/c2*1-17-16-8-4-7-14(11-16)15-9-12-5-2-3-6-13(12)10-15;;;/h2*2-9,11-13,15H,10H2,1H3;2*1H;/q;;;;+2/p-2. The molecule has 0 amide bonds. The topological polar surface area (TPSA) is 18.5 Å². The van der Waals surface area contributed by atoms with Crippen LogP contribution in [0.1, 0.15) is 35.8 Å². The molecule has 37 heavy (non-hydrogen) atoms. The minimum absolute atomic E-state index is 0. The third-order valence-electron chi connectivity index (χ3n) is 8.77. The summed E-state index contributed by atoms with van der Waals surface area (Å²) in [6.07, 6.45) is 21.8. The number of rotatable bonds is 6. The summed E-state index contributed by atoms with van der Waals surface area (Å²) in [5, 5.41) is 0. The number of hydrogen-bond donors (Lipinski definition) is 0. The Morgan fingerprint density at radius 2 is 1.05 bits per heavy atom. The zero-order valence-corrected chi connectivity index (χ0v) is 25.3. The van der Waals surface area contributed by atoms with Gasteiger partial charge in [-0.05, 0) is 0 Å². The Kier molecular flexibility index (Phi) is 9.65. The summed E-state index contributed by atoms with van der Waals surface area (Å²) in [4.78, 5) is 0. The van der Waals surface area contributed by atoms with Crippen molar-refractivity contribution in [2.45, 2.75) is 31.9 Å². The van der Waals surface area contributed by atoms with Crippen molar-refractivity contribution in [2.75, 3.05) is 14.2 Å². The normalized spacial score (nSPS) is 32.5. The van der Waals surface area contributed by atoms with Gasteiger partial charge in [-0.15, -0.1) is 0 Å². The maximum Gasteiger partial charge on any atom is -1.00 e. The smallest absolute Gasteiger partial charge is 1.00 e. The van der Waals surface area contributed by atoms with E-state index in [1.807, 2.05) is 0 Å². The molecule has 4 aliphatic carbocycles. The van der Waals surface area contributed by atoms with Gasteiger partial charge in [0, 0.05) is 0 Å². The molecule has 0 aromatic heterocycles. The van der Waals surface area contributed by atoms with E-state index in [4.69, 9.17) is 9.47 Å². The average Bonchev–Trinajstić information content (AvgIpc) is 3.48. The molecule has 0 radical (unpaired) electrons. The largest absolute Gasteiger partial charge is 1.00 e. The fourth-order valence-corrected chi connectivity index (χ4v) is 13.8. The zero-order chi connectivity index (χ0) is 23.8. The number of benzene rings is 2. The third-order valence-corrected chi connectivity index (χ3v) is 14.5. The van der Waals surface area contributed by atoms with Crippen LogP contribution >= 0.6 is 0 Å². The van der Waals surface area contributed by atoms with Crippen molar-refractivity contribution in [3.8, 4) is 11.5 Å². The van der Waals surface area contributed by atoms with Gasteiger partial charge < -0.3 is 24.8 Å². The minimum Gasteiger partial charge on any atom is -1.00 e. The summed E-state index contributed by atoms with van der Waals surface area (Å²) in [6, 6.07) is 17.9. The molecule has 0 N–H and O–H groups in total. The SMILES string of the molecule is COc1cccc(C2CC3C=CC=CC3[CH]2[Zr+2][CH]2C(c3cccc(OC)c3)CC3C=CC=CC32)c1.[Cl-].[Cl-]. The van der Waals surface area contributed by atoms with Gasteiger partial charge in [-0.1, -0.05) is 0 Å². The Morgan fingerprint density at radius 1 is 0.622 bits per heavy atom. The minimum atomic E-state index is -0.817. The van der Waals surface area contributed by atoms with E-state index >= 15 is 0 Å². The molecule has 4 aliphatic rings. The Bertz CT molecular complexity index is 1100. The molecule has 0 saturated heterocycles. The van der Waals surface area contributed by atoms with Crippen LogP contribution in [0.25, 0.3) is 0 Å². The molecule has 6 rings (SSSR count). The van der Waals surface area contributed by atoms with Crippen molar-refractivity contribution in [1.82, 2.24) is 0 Å². The maximum absolute atomic E-state index is 5.63. The summed E-state index contributed by atoms with van der Waals surface area (Å²) < 4.78 is 12.9. The second kappa shape index (κ2) is 12.5. The monoisotopic (exact) mass is 610 g/mol. The second-order valence-corrected chi connectivity index (χ2v) is 14.6. The summed E-state index contributed by atoms with van der Waals surface area (Å²) in [5.41, 5.74) is 2.97. The third kappa shape index (κ3) is 5.61. The Balaban J connectivity index is 0.00000160. The molecule has 2 fully saturated rings. The molecule has 0 heterocycles. The molecule has 0 bridgehead atoms. The number of allylic oxidation sites excluding steroid dienone is 8. The van der Waals surface area contributed by atoms with E-state index in [2.05, 4.69) is 97.1 Å². The number of fused-ring (bicyclic) bond motifs is 2. The molecular weight excluding hydrogens is 578 g/mol. The second-order valence-electron chi connectivity index (χ2n) is 10.5. The molecular formula is C32H34Cl2O2Zr. The number of halogens is 2. The fraction of sp³-hybridized carbons (Fsp3) is 0.375. The van der Waals surface area contributed by atoms with Crippen LogP contribution < -0.4 is 34.3 Å². The van der Waals surface area contributed by atoms with E-state index in [1.54, 1.807) is 14.2 Å². The predicted octanol–water partition coefficient (Wildman–Crippen LogP) is 1.76. The molecule has 8 unspecified atom stereocenters. The van der Waals surface area contributed by atoms with Crippen molar-refractivity contribution < 1.29 is 57.5 Å². The Hall–Kier alpha value is -1.54. The van der Waals surface area contributed by atoms with Crippen molar-refractivity contribution in [1.29, 1.82) is 0 Å². The van der Waals surface area contributed by atoms with E-state index < -0.39 is 23.2 Å². The van der Waals surface area contributed by atoms with Gasteiger partial charge in [0.1, 0.15) is 0 Å². The van der Waals surface area contributed by atoms with Crippen LogP contribution in [0, 0.1) is 23.7 Å². The van der Waals surface area contributed by atoms with Crippen LogP contribution in [0.4, 0.5) is 0 Å². The molecule has 5 heteroatoms. The van der Waals surface area contributed by atoms with E-state index in [9.17, 15) is 0 Å². The summed E-state index contributed by atoms with van der Waals surface area (Å²) in [5.74, 6) is 5.98. The van der Waals surface area contributed by atoms with E-state index in [0.29, 0.717) is 35.5 Å². The first-order chi connectivity index (χ1) is 17.2. The fourth-order valence-electron chi connectivity index (χ4n) is 7.11. The average molecular weight is 613 g/mol. The molecule has 2 aromatic rings. The summed E-state index contributed by atoms with van der Waals surface area (Å²) in [6.45, 7) is 0. The van der Waals surface area contributed by atoms with Crippen LogP contribution in [0.2, 0.25) is 7.25 Å². The molecule has 8 atom stereocenters. The van der Waals surface area contributed by atoms with Crippen LogP contribution in [0.3, 0.4) is 0 Å². The van der Waals surface area contributed by atoms with Gasteiger partial charge in [-0.25, -0.2) is 0 Å². The first-order valence-corrected chi connectivity index (χ1v) is 15.8. The number of ether oxygens (including phenoxy) is 2. The van der Waals surface area contributed by atoms with Gasteiger partial charge in [-0.2, -0.15) is 0 Å². The van der Waals surface area contributed by atoms with Gasteiger partial charge in [0.05, 0.1) is 0 Å².